The highest BCUT2D eigenvalue weighted by Gasteiger charge is 2.24. The van der Waals surface area contributed by atoms with E-state index < -0.39 is 6.61 Å². The van der Waals surface area contributed by atoms with Crippen molar-refractivity contribution in [3.8, 4) is 0 Å². The Kier molecular flexibility index (Phi) is 4.88. The van der Waals surface area contributed by atoms with Gasteiger partial charge in [0, 0.05) is 30.1 Å². The fourth-order valence-corrected chi connectivity index (χ4v) is 3.49. The Morgan fingerprint density at radius 2 is 2.17 bits per heavy atom. The maximum Gasteiger partial charge on any atom is 0.248 e. The molecule has 2 aromatic heterocycles. The number of hydrogen-bond donors (Lipinski definition) is 2. The molecule has 3 heterocycles. The van der Waals surface area contributed by atoms with Crippen molar-refractivity contribution in [1.29, 1.82) is 0 Å². The number of piperidine rings is 1. The Morgan fingerprint density at radius 3 is 2.83 bits per heavy atom. The van der Waals surface area contributed by atoms with Crippen LogP contribution in [0.3, 0.4) is 0 Å². The Bertz CT molecular complexity index is 680. The molecule has 23 heavy (non-hydrogen) atoms. The quantitative estimate of drug-likeness (QED) is 0.898. The number of thiazole rings is 1. The Labute approximate surface area is 139 Å². The zero-order valence-corrected chi connectivity index (χ0v) is 13.8. The minimum atomic E-state index is -0.407. The van der Waals surface area contributed by atoms with Crippen LogP contribution in [-0.2, 0) is 4.79 Å². The summed E-state index contributed by atoms with van der Waals surface area (Å²) in [5.74, 6) is 0.953. The Morgan fingerprint density at radius 1 is 1.39 bits per heavy atom. The highest BCUT2D eigenvalue weighted by atomic mass is 32.1. The van der Waals surface area contributed by atoms with Crippen LogP contribution in [0.5, 0.6) is 0 Å². The van der Waals surface area contributed by atoms with Crippen molar-refractivity contribution in [2.45, 2.75) is 25.7 Å². The van der Waals surface area contributed by atoms with Crippen molar-refractivity contribution in [2.75, 3.05) is 25.0 Å². The van der Waals surface area contributed by atoms with Crippen molar-refractivity contribution < 1.29 is 9.90 Å². The van der Waals surface area contributed by atoms with E-state index in [1.165, 1.54) is 0 Å². The van der Waals surface area contributed by atoms with Gasteiger partial charge in [-0.15, -0.1) is 11.3 Å². The van der Waals surface area contributed by atoms with Gasteiger partial charge < -0.3 is 15.3 Å². The van der Waals surface area contributed by atoms with Crippen LogP contribution in [0.15, 0.2) is 23.6 Å². The number of aromatic nitrogens is 2. The van der Waals surface area contributed by atoms with Gasteiger partial charge in [0.25, 0.3) is 0 Å². The van der Waals surface area contributed by atoms with Crippen molar-refractivity contribution in [3.05, 3.63) is 35.0 Å². The summed E-state index contributed by atoms with van der Waals surface area (Å²) in [6.07, 6.45) is 1.75. The van der Waals surface area contributed by atoms with E-state index in [4.69, 9.17) is 10.1 Å². The monoisotopic (exact) mass is 332 g/mol. The molecule has 2 N–H and O–H groups in total. The molecule has 0 bridgehead atoms. The number of pyridine rings is 1. The molecule has 0 saturated carbocycles. The molecule has 0 spiro atoms. The van der Waals surface area contributed by atoms with Crippen LogP contribution >= 0.6 is 11.3 Å². The molecule has 1 fully saturated rings. The number of aliphatic hydroxyl groups is 1. The average molecular weight is 332 g/mol. The highest BCUT2D eigenvalue weighted by Crippen LogP contribution is 2.28. The second-order valence-electron chi connectivity index (χ2n) is 5.68. The van der Waals surface area contributed by atoms with Gasteiger partial charge in [0.2, 0.25) is 5.91 Å². The van der Waals surface area contributed by atoms with Gasteiger partial charge in [-0.3, -0.25) is 4.79 Å². The molecule has 0 radical (unpaired) electrons. The average Bonchev–Trinajstić information content (AvgIpc) is 2.99. The van der Waals surface area contributed by atoms with Crippen molar-refractivity contribution >= 4 is 28.2 Å². The van der Waals surface area contributed by atoms with Crippen LogP contribution in [0.4, 0.5) is 10.9 Å². The Hall–Kier alpha value is -1.99. The number of aliphatic hydroxyl groups excluding tert-OH is 1. The summed E-state index contributed by atoms with van der Waals surface area (Å²) in [6, 6.07) is 5.97. The van der Waals surface area contributed by atoms with E-state index >= 15 is 0 Å². The number of rotatable bonds is 4. The molecular formula is C16H20N4O2S. The van der Waals surface area contributed by atoms with E-state index in [0.717, 1.165) is 35.2 Å². The summed E-state index contributed by atoms with van der Waals surface area (Å²) in [5.41, 5.74) is 2.04. The van der Waals surface area contributed by atoms with E-state index in [1.54, 1.807) is 16.2 Å². The maximum atomic E-state index is 11.5. The Balaban J connectivity index is 1.65. The highest BCUT2D eigenvalue weighted by molar-refractivity contribution is 7.13. The largest absolute Gasteiger partial charge is 0.387 e. The number of anilines is 2. The minimum Gasteiger partial charge on any atom is -0.387 e. The lowest BCUT2D eigenvalue weighted by molar-refractivity contribution is -0.135. The smallest absolute Gasteiger partial charge is 0.248 e. The predicted molar refractivity (Wildman–Crippen MR) is 90.0 cm³/mol. The van der Waals surface area contributed by atoms with E-state index in [9.17, 15) is 4.79 Å². The summed E-state index contributed by atoms with van der Waals surface area (Å²) in [6.45, 7) is 2.91. The molecule has 6 nitrogen and oxygen atoms in total. The number of carbonyl (C=O) groups excluding carboxylic acids is 1. The lowest BCUT2D eigenvalue weighted by Crippen LogP contribution is -2.39. The molecule has 0 aromatic carbocycles. The van der Waals surface area contributed by atoms with Gasteiger partial charge in [-0.1, -0.05) is 6.07 Å². The summed E-state index contributed by atoms with van der Waals surface area (Å²) in [7, 11) is 0. The first-order valence-corrected chi connectivity index (χ1v) is 8.58. The molecule has 1 aliphatic rings. The number of aryl methyl sites for hydroxylation is 1. The van der Waals surface area contributed by atoms with E-state index in [1.807, 2.05) is 30.5 Å². The zero-order valence-electron chi connectivity index (χ0n) is 13.0. The van der Waals surface area contributed by atoms with Gasteiger partial charge in [0.15, 0.2) is 5.13 Å². The fourth-order valence-electron chi connectivity index (χ4n) is 2.79. The molecule has 0 unspecified atom stereocenters. The summed E-state index contributed by atoms with van der Waals surface area (Å²) >= 11 is 1.56. The van der Waals surface area contributed by atoms with Gasteiger partial charge in [-0.25, -0.2) is 9.97 Å². The van der Waals surface area contributed by atoms with Crippen LogP contribution < -0.4 is 5.32 Å². The lowest BCUT2D eigenvalue weighted by Gasteiger charge is -2.31. The minimum absolute atomic E-state index is 0.189. The molecular weight excluding hydrogens is 312 g/mol. The zero-order chi connectivity index (χ0) is 16.2. The molecule has 3 rings (SSSR count). The normalized spacial score (nSPS) is 15.7. The SMILES string of the molecule is Cc1csc(Nc2cccc(C3CCN(C(=O)CO)CC3)n2)n1. The van der Waals surface area contributed by atoms with Gasteiger partial charge in [0.1, 0.15) is 12.4 Å². The van der Waals surface area contributed by atoms with Gasteiger partial charge in [-0.2, -0.15) is 0 Å². The van der Waals surface area contributed by atoms with Crippen molar-refractivity contribution in [2.24, 2.45) is 0 Å². The molecule has 2 aromatic rings. The fraction of sp³-hybridized carbons (Fsp3) is 0.438. The number of carbonyl (C=O) groups is 1. The molecule has 122 valence electrons. The van der Waals surface area contributed by atoms with Crippen LogP contribution in [0.1, 0.15) is 30.1 Å². The van der Waals surface area contributed by atoms with Crippen LogP contribution in [0.25, 0.3) is 0 Å². The van der Waals surface area contributed by atoms with Crippen LogP contribution in [-0.4, -0.2) is 45.6 Å². The summed E-state index contributed by atoms with van der Waals surface area (Å²) in [4.78, 5) is 22.3. The van der Waals surface area contributed by atoms with E-state index in [-0.39, 0.29) is 5.91 Å². The standard InChI is InChI=1S/C16H20N4O2S/c1-11-10-23-16(17-11)19-14-4-2-3-13(18-14)12-5-7-20(8-6-12)15(22)9-21/h2-4,10,12,21H,5-9H2,1H3,(H,17,18,19). The van der Waals surface area contributed by atoms with E-state index in [2.05, 4.69) is 10.3 Å². The van der Waals surface area contributed by atoms with Crippen LogP contribution in [0, 0.1) is 6.92 Å². The van der Waals surface area contributed by atoms with Crippen molar-refractivity contribution in [1.82, 2.24) is 14.9 Å². The molecule has 1 saturated heterocycles. The third-order valence-electron chi connectivity index (χ3n) is 4.03. The maximum absolute atomic E-state index is 11.5. The van der Waals surface area contributed by atoms with Gasteiger partial charge in [-0.05, 0) is 31.9 Å². The number of hydrogen-bond acceptors (Lipinski definition) is 6. The first-order chi connectivity index (χ1) is 11.2. The second kappa shape index (κ2) is 7.06. The summed E-state index contributed by atoms with van der Waals surface area (Å²) < 4.78 is 0. The van der Waals surface area contributed by atoms with Gasteiger partial charge in [0.05, 0.1) is 5.69 Å². The number of likely N-dealkylation sites (tertiary alicyclic amines) is 1. The molecule has 0 aliphatic carbocycles. The number of nitrogens with zero attached hydrogens (tertiary/aromatic N) is 3. The van der Waals surface area contributed by atoms with Crippen LogP contribution in [0.2, 0.25) is 0 Å². The summed E-state index contributed by atoms with van der Waals surface area (Å²) in [5, 5.41) is 15.0. The molecule has 7 heteroatoms. The van der Waals surface area contributed by atoms with Gasteiger partial charge >= 0.3 is 0 Å². The molecule has 1 aliphatic heterocycles. The second-order valence-corrected chi connectivity index (χ2v) is 6.54. The third-order valence-corrected chi connectivity index (χ3v) is 4.90. The first-order valence-electron chi connectivity index (χ1n) is 7.70. The first kappa shape index (κ1) is 15.9. The topological polar surface area (TPSA) is 78.4 Å². The lowest BCUT2D eigenvalue weighted by atomic mass is 9.93. The third kappa shape index (κ3) is 3.86. The molecule has 0 atom stereocenters. The number of amides is 1. The predicted octanol–water partition coefficient (Wildman–Crippen LogP) is 2.29. The number of nitrogens with one attached hydrogen (secondary N) is 1. The molecule has 1 amide bonds. The van der Waals surface area contributed by atoms with Crippen molar-refractivity contribution in [3.63, 3.8) is 0 Å². The van der Waals surface area contributed by atoms with E-state index in [0.29, 0.717) is 19.0 Å².